The van der Waals surface area contributed by atoms with E-state index in [2.05, 4.69) is 11.1 Å². The Morgan fingerprint density at radius 2 is 1.91 bits per heavy atom. The van der Waals surface area contributed by atoms with Gasteiger partial charge in [-0.05, 0) is 23.3 Å². The molecule has 22 heavy (non-hydrogen) atoms. The minimum absolute atomic E-state index is 0.438. The molecule has 3 rings (SSSR count). The molecule has 0 aliphatic rings. The third kappa shape index (κ3) is 2.69. The number of aromatic nitrogens is 1. The van der Waals surface area contributed by atoms with E-state index in [-0.39, 0.29) is 0 Å². The second-order valence-corrected chi connectivity index (χ2v) is 5.31. The van der Waals surface area contributed by atoms with Gasteiger partial charge >= 0.3 is 0 Å². The Labute approximate surface area is 134 Å². The summed E-state index contributed by atoms with van der Waals surface area (Å²) in [6, 6.07) is 18.2. The molecular formula is C18H15ClN3. The van der Waals surface area contributed by atoms with Gasteiger partial charge in [-0.3, -0.25) is 4.98 Å². The number of hydrogen-bond donors (Lipinski definition) is 2. The molecule has 0 saturated carbocycles. The SMILES string of the molecule is NCc1ccccc1-c1nccc(-c2cc[c]c(Cl)c2)c1N. The Kier molecular flexibility index (Phi) is 4.09. The van der Waals surface area contributed by atoms with Gasteiger partial charge in [-0.25, -0.2) is 0 Å². The molecular weight excluding hydrogens is 294 g/mol. The third-order valence-electron chi connectivity index (χ3n) is 3.56. The van der Waals surface area contributed by atoms with Crippen molar-refractivity contribution in [1.29, 1.82) is 0 Å². The van der Waals surface area contributed by atoms with E-state index >= 15 is 0 Å². The van der Waals surface area contributed by atoms with E-state index in [4.69, 9.17) is 23.1 Å². The maximum absolute atomic E-state index is 6.36. The van der Waals surface area contributed by atoms with E-state index in [9.17, 15) is 0 Å². The van der Waals surface area contributed by atoms with E-state index in [1.165, 1.54) is 0 Å². The van der Waals surface area contributed by atoms with Crippen LogP contribution in [-0.2, 0) is 6.54 Å². The van der Waals surface area contributed by atoms with Crippen LogP contribution in [0.4, 0.5) is 5.69 Å². The Morgan fingerprint density at radius 1 is 1.09 bits per heavy atom. The van der Waals surface area contributed by atoms with Crippen molar-refractivity contribution in [1.82, 2.24) is 4.98 Å². The maximum Gasteiger partial charge on any atom is 0.0940 e. The van der Waals surface area contributed by atoms with E-state index < -0.39 is 0 Å². The van der Waals surface area contributed by atoms with Gasteiger partial charge in [0.25, 0.3) is 0 Å². The molecule has 1 radical (unpaired) electrons. The minimum Gasteiger partial charge on any atom is -0.396 e. The monoisotopic (exact) mass is 308 g/mol. The zero-order valence-corrected chi connectivity index (χ0v) is 12.6. The van der Waals surface area contributed by atoms with Crippen LogP contribution in [0, 0.1) is 6.07 Å². The van der Waals surface area contributed by atoms with Gasteiger partial charge in [-0.1, -0.05) is 48.0 Å². The summed E-state index contributed by atoms with van der Waals surface area (Å²) in [6.07, 6.45) is 1.75. The van der Waals surface area contributed by atoms with E-state index in [1.54, 1.807) is 12.3 Å². The van der Waals surface area contributed by atoms with Gasteiger partial charge in [0.2, 0.25) is 0 Å². The molecule has 3 nitrogen and oxygen atoms in total. The van der Waals surface area contributed by atoms with Gasteiger partial charge in [0.1, 0.15) is 0 Å². The predicted octanol–water partition coefficient (Wildman–Crippen LogP) is 3.91. The minimum atomic E-state index is 0.438. The molecule has 0 bridgehead atoms. The Balaban J connectivity index is 2.18. The third-order valence-corrected chi connectivity index (χ3v) is 3.78. The number of pyridine rings is 1. The first-order valence-corrected chi connectivity index (χ1v) is 7.29. The second kappa shape index (κ2) is 6.18. The quantitative estimate of drug-likeness (QED) is 0.771. The van der Waals surface area contributed by atoms with Crippen molar-refractivity contribution in [2.24, 2.45) is 5.73 Å². The molecule has 2 aromatic carbocycles. The Morgan fingerprint density at radius 3 is 2.68 bits per heavy atom. The summed E-state index contributed by atoms with van der Waals surface area (Å²) in [5.41, 5.74) is 17.3. The fourth-order valence-corrected chi connectivity index (χ4v) is 2.65. The van der Waals surface area contributed by atoms with Crippen LogP contribution in [0.1, 0.15) is 5.56 Å². The molecule has 0 amide bonds. The fourth-order valence-electron chi connectivity index (χ4n) is 2.47. The number of benzene rings is 2. The van der Waals surface area contributed by atoms with Crippen LogP contribution in [0.5, 0.6) is 0 Å². The van der Waals surface area contributed by atoms with Crippen LogP contribution in [0.2, 0.25) is 5.02 Å². The van der Waals surface area contributed by atoms with Gasteiger partial charge in [-0.15, -0.1) is 0 Å². The highest BCUT2D eigenvalue weighted by molar-refractivity contribution is 6.30. The largest absolute Gasteiger partial charge is 0.396 e. The van der Waals surface area contributed by atoms with Crippen LogP contribution >= 0.6 is 11.6 Å². The van der Waals surface area contributed by atoms with Crippen molar-refractivity contribution in [2.75, 3.05) is 5.73 Å². The molecule has 0 spiro atoms. The summed E-state index contributed by atoms with van der Waals surface area (Å²) in [5, 5.41) is 0.553. The molecule has 0 unspecified atom stereocenters. The smallest absolute Gasteiger partial charge is 0.0940 e. The van der Waals surface area contributed by atoms with E-state index in [0.29, 0.717) is 17.3 Å². The zero-order valence-electron chi connectivity index (χ0n) is 11.9. The molecule has 0 atom stereocenters. The maximum atomic E-state index is 6.36. The molecule has 3 aromatic rings. The lowest BCUT2D eigenvalue weighted by Gasteiger charge is -2.13. The van der Waals surface area contributed by atoms with Crippen LogP contribution < -0.4 is 11.5 Å². The van der Waals surface area contributed by atoms with E-state index in [1.807, 2.05) is 42.5 Å². The number of nitrogens with zero attached hydrogens (tertiary/aromatic N) is 1. The van der Waals surface area contributed by atoms with Gasteiger partial charge < -0.3 is 11.5 Å². The molecule has 109 valence electrons. The van der Waals surface area contributed by atoms with E-state index in [0.717, 1.165) is 27.9 Å². The first-order chi connectivity index (χ1) is 10.7. The fraction of sp³-hybridized carbons (Fsp3) is 0.0556. The molecule has 0 aliphatic heterocycles. The molecule has 0 saturated heterocycles. The number of hydrogen-bond acceptors (Lipinski definition) is 3. The van der Waals surface area contributed by atoms with Crippen molar-refractivity contribution in [3.63, 3.8) is 0 Å². The van der Waals surface area contributed by atoms with Gasteiger partial charge in [0.15, 0.2) is 0 Å². The van der Waals surface area contributed by atoms with Gasteiger partial charge in [0, 0.05) is 35.0 Å². The number of halogens is 1. The Bertz CT molecular complexity index is 815. The van der Waals surface area contributed by atoms with Crippen LogP contribution in [0.3, 0.4) is 0 Å². The summed E-state index contributed by atoms with van der Waals surface area (Å²) in [6.45, 7) is 0.438. The number of anilines is 1. The van der Waals surface area contributed by atoms with Crippen LogP contribution in [0.15, 0.2) is 54.7 Å². The Hall–Kier alpha value is -2.36. The first kappa shape index (κ1) is 14.6. The molecule has 4 heteroatoms. The molecule has 0 fully saturated rings. The summed E-state index contributed by atoms with van der Waals surface area (Å²) in [5.74, 6) is 0. The first-order valence-electron chi connectivity index (χ1n) is 6.91. The molecule has 4 N–H and O–H groups in total. The number of rotatable bonds is 3. The van der Waals surface area contributed by atoms with Crippen molar-refractivity contribution >= 4 is 17.3 Å². The lowest BCUT2D eigenvalue weighted by atomic mass is 9.98. The average molecular weight is 309 g/mol. The highest BCUT2D eigenvalue weighted by atomic mass is 35.5. The van der Waals surface area contributed by atoms with Crippen LogP contribution in [0.25, 0.3) is 22.4 Å². The zero-order chi connectivity index (χ0) is 15.5. The summed E-state index contributed by atoms with van der Waals surface area (Å²) in [4.78, 5) is 4.44. The van der Waals surface area contributed by atoms with Gasteiger partial charge in [0.05, 0.1) is 11.4 Å². The molecule has 1 heterocycles. The lowest BCUT2D eigenvalue weighted by Crippen LogP contribution is -2.02. The van der Waals surface area contributed by atoms with Crippen molar-refractivity contribution in [3.05, 3.63) is 71.4 Å². The summed E-state index contributed by atoms with van der Waals surface area (Å²) >= 11 is 6.02. The highest BCUT2D eigenvalue weighted by Crippen LogP contribution is 2.34. The topological polar surface area (TPSA) is 64.9 Å². The second-order valence-electron chi connectivity index (χ2n) is 4.91. The normalized spacial score (nSPS) is 10.6. The van der Waals surface area contributed by atoms with Crippen molar-refractivity contribution in [2.45, 2.75) is 6.54 Å². The van der Waals surface area contributed by atoms with Gasteiger partial charge in [-0.2, -0.15) is 0 Å². The van der Waals surface area contributed by atoms with Crippen LogP contribution in [-0.4, -0.2) is 4.98 Å². The standard InChI is InChI=1S/C18H15ClN3/c19-14-6-3-5-12(10-14)15-8-9-22-18(17(15)21)16-7-2-1-4-13(16)11-20/h1-5,7-10H,11,20-21H2. The molecule has 1 aromatic heterocycles. The molecule has 0 aliphatic carbocycles. The number of nitrogens with two attached hydrogens (primary N) is 2. The summed E-state index contributed by atoms with van der Waals surface area (Å²) < 4.78 is 0. The number of nitrogen functional groups attached to an aromatic ring is 1. The lowest BCUT2D eigenvalue weighted by molar-refractivity contribution is 1.07. The van der Waals surface area contributed by atoms with Crippen molar-refractivity contribution in [3.8, 4) is 22.4 Å². The summed E-state index contributed by atoms with van der Waals surface area (Å²) in [7, 11) is 0. The average Bonchev–Trinajstić information content (AvgIpc) is 2.55. The van der Waals surface area contributed by atoms with Crippen molar-refractivity contribution < 1.29 is 0 Å². The predicted molar refractivity (Wildman–Crippen MR) is 91.3 cm³/mol. The highest BCUT2D eigenvalue weighted by Gasteiger charge is 2.12.